The van der Waals surface area contributed by atoms with Gasteiger partial charge in [0.1, 0.15) is 0 Å². The van der Waals surface area contributed by atoms with Crippen LogP contribution in [0.4, 0.5) is 11.4 Å². The van der Waals surface area contributed by atoms with E-state index in [1.165, 1.54) is 0 Å². The smallest absolute Gasteiger partial charge is 0.0670 e. The van der Waals surface area contributed by atoms with Crippen LogP contribution in [0.2, 0.25) is 0 Å². The number of hydrogen-bond acceptors (Lipinski definition) is 4. The third kappa shape index (κ3) is 2.44. The van der Waals surface area contributed by atoms with E-state index in [1.807, 2.05) is 18.2 Å². The molecule has 1 fully saturated rings. The van der Waals surface area contributed by atoms with E-state index in [1.54, 1.807) is 0 Å². The molecule has 1 atom stereocenters. The van der Waals surface area contributed by atoms with E-state index >= 15 is 0 Å². The van der Waals surface area contributed by atoms with Crippen molar-refractivity contribution in [3.05, 3.63) is 23.8 Å². The Morgan fingerprint density at radius 1 is 1.56 bits per heavy atom. The molecule has 3 N–H and O–H groups in total. The zero-order valence-electron chi connectivity index (χ0n) is 9.07. The van der Waals surface area contributed by atoms with E-state index in [2.05, 4.69) is 11.4 Å². The highest BCUT2D eigenvalue weighted by Crippen LogP contribution is 2.20. The first-order valence-electron chi connectivity index (χ1n) is 5.39. The lowest BCUT2D eigenvalue weighted by molar-refractivity contribution is 0.195. The molecule has 0 bridgehead atoms. The van der Waals surface area contributed by atoms with Crippen molar-refractivity contribution in [3.63, 3.8) is 0 Å². The fraction of sp³-hybridized carbons (Fsp3) is 0.417. The van der Waals surface area contributed by atoms with Gasteiger partial charge in [-0.1, -0.05) is 0 Å². The molecule has 4 heteroatoms. The summed E-state index contributed by atoms with van der Waals surface area (Å²) in [5.41, 5.74) is 8.35. The molecule has 16 heavy (non-hydrogen) atoms. The first kappa shape index (κ1) is 10.8. The van der Waals surface area contributed by atoms with Crippen LogP contribution < -0.4 is 11.1 Å². The number of anilines is 2. The lowest BCUT2D eigenvalue weighted by Gasteiger charge is -2.13. The van der Waals surface area contributed by atoms with Crippen LogP contribution in [0.5, 0.6) is 0 Å². The monoisotopic (exact) mass is 217 g/mol. The molecule has 0 spiro atoms. The van der Waals surface area contributed by atoms with E-state index in [0.29, 0.717) is 18.2 Å². The van der Waals surface area contributed by atoms with E-state index < -0.39 is 0 Å². The van der Waals surface area contributed by atoms with Gasteiger partial charge in [-0.2, -0.15) is 5.26 Å². The lowest BCUT2D eigenvalue weighted by Crippen LogP contribution is -2.18. The fourth-order valence-corrected chi connectivity index (χ4v) is 1.82. The van der Waals surface area contributed by atoms with E-state index in [4.69, 9.17) is 15.7 Å². The van der Waals surface area contributed by atoms with Crippen LogP contribution in [-0.2, 0) is 11.2 Å². The molecule has 1 heterocycles. The maximum absolute atomic E-state index is 8.67. The number of nitriles is 1. The van der Waals surface area contributed by atoms with Crippen molar-refractivity contribution in [1.29, 1.82) is 5.26 Å². The molecule has 1 unspecified atom stereocenters. The number of nitrogens with one attached hydrogen (secondary N) is 1. The third-order valence-corrected chi connectivity index (χ3v) is 2.71. The molecule has 0 saturated carbocycles. The molecule has 0 aliphatic carbocycles. The van der Waals surface area contributed by atoms with Gasteiger partial charge in [0.15, 0.2) is 0 Å². The van der Waals surface area contributed by atoms with Gasteiger partial charge in [-0.15, -0.1) is 0 Å². The summed E-state index contributed by atoms with van der Waals surface area (Å²) in [6, 6.07) is 8.21. The summed E-state index contributed by atoms with van der Waals surface area (Å²) < 4.78 is 5.29. The van der Waals surface area contributed by atoms with Crippen molar-refractivity contribution in [3.8, 4) is 6.07 Å². The van der Waals surface area contributed by atoms with E-state index in [0.717, 1.165) is 30.9 Å². The zero-order chi connectivity index (χ0) is 11.4. The topological polar surface area (TPSA) is 71.1 Å². The van der Waals surface area contributed by atoms with E-state index in [-0.39, 0.29) is 0 Å². The minimum absolute atomic E-state index is 0.350. The summed E-state index contributed by atoms with van der Waals surface area (Å²) in [7, 11) is 0. The standard InChI is InChI=1S/C12H15N3O/c13-5-3-9-7-10(1-2-12(9)14)15-11-4-6-16-8-11/h1-2,7,11,15H,3-4,6,8,14H2. The molecule has 0 amide bonds. The number of benzene rings is 1. The molecule has 0 aromatic heterocycles. The predicted molar refractivity (Wildman–Crippen MR) is 63.0 cm³/mol. The molecule has 0 radical (unpaired) electrons. The molecule has 1 aromatic carbocycles. The van der Waals surface area contributed by atoms with Crippen molar-refractivity contribution >= 4 is 11.4 Å². The molecule has 1 aromatic rings. The van der Waals surface area contributed by atoms with Crippen LogP contribution in [0.15, 0.2) is 18.2 Å². The second kappa shape index (κ2) is 4.86. The Hall–Kier alpha value is -1.73. The second-order valence-electron chi connectivity index (χ2n) is 3.95. The Bertz CT molecular complexity index is 405. The maximum atomic E-state index is 8.67. The lowest BCUT2D eigenvalue weighted by atomic mass is 10.1. The first-order chi connectivity index (χ1) is 7.79. The number of nitrogen functional groups attached to an aromatic ring is 1. The van der Waals surface area contributed by atoms with E-state index in [9.17, 15) is 0 Å². The molecule has 84 valence electrons. The van der Waals surface area contributed by atoms with Gasteiger partial charge in [-0.3, -0.25) is 0 Å². The van der Waals surface area contributed by atoms with Crippen LogP contribution in [0.3, 0.4) is 0 Å². The number of nitrogens with two attached hydrogens (primary N) is 1. The van der Waals surface area contributed by atoms with Crippen LogP contribution in [-0.4, -0.2) is 19.3 Å². The maximum Gasteiger partial charge on any atom is 0.0670 e. The predicted octanol–water partition coefficient (Wildman–Crippen LogP) is 1.54. The highest BCUT2D eigenvalue weighted by molar-refractivity contribution is 5.58. The molecule has 1 aliphatic rings. The van der Waals surface area contributed by atoms with Gasteiger partial charge >= 0.3 is 0 Å². The van der Waals surface area contributed by atoms with Crippen molar-refractivity contribution in [2.24, 2.45) is 0 Å². The minimum Gasteiger partial charge on any atom is -0.398 e. The third-order valence-electron chi connectivity index (χ3n) is 2.71. The normalized spacial score (nSPS) is 19.3. The minimum atomic E-state index is 0.350. The number of ether oxygens (including phenoxy) is 1. The summed E-state index contributed by atoms with van der Waals surface area (Å²) >= 11 is 0. The van der Waals surface area contributed by atoms with Crippen molar-refractivity contribution in [2.45, 2.75) is 18.9 Å². The Morgan fingerprint density at radius 2 is 2.44 bits per heavy atom. The quantitative estimate of drug-likeness (QED) is 0.753. The molecule has 4 nitrogen and oxygen atoms in total. The van der Waals surface area contributed by atoms with Crippen molar-refractivity contribution in [1.82, 2.24) is 0 Å². The first-order valence-corrected chi connectivity index (χ1v) is 5.39. The van der Waals surface area contributed by atoms with Gasteiger partial charge < -0.3 is 15.8 Å². The van der Waals surface area contributed by atoms with Crippen molar-refractivity contribution in [2.75, 3.05) is 24.3 Å². The fourth-order valence-electron chi connectivity index (χ4n) is 1.82. The summed E-state index contributed by atoms with van der Waals surface area (Å²) in [5, 5.41) is 12.1. The van der Waals surface area contributed by atoms with Crippen LogP contribution in [0.25, 0.3) is 0 Å². The summed E-state index contributed by atoms with van der Waals surface area (Å²) in [6.07, 6.45) is 1.38. The van der Waals surface area contributed by atoms with Crippen LogP contribution >= 0.6 is 0 Å². The summed E-state index contributed by atoms with van der Waals surface area (Å²) in [4.78, 5) is 0. The number of hydrogen-bond donors (Lipinski definition) is 2. The van der Waals surface area contributed by atoms with Crippen LogP contribution in [0.1, 0.15) is 12.0 Å². The largest absolute Gasteiger partial charge is 0.398 e. The van der Waals surface area contributed by atoms with Gasteiger partial charge in [0.2, 0.25) is 0 Å². The van der Waals surface area contributed by atoms with Gasteiger partial charge in [-0.25, -0.2) is 0 Å². The Balaban J connectivity index is 2.09. The molecular formula is C12H15N3O. The number of rotatable bonds is 3. The number of nitrogens with zero attached hydrogens (tertiary/aromatic N) is 1. The molecule has 1 saturated heterocycles. The van der Waals surface area contributed by atoms with Crippen LogP contribution in [0, 0.1) is 11.3 Å². The Labute approximate surface area is 95.0 Å². The van der Waals surface area contributed by atoms with Gasteiger partial charge in [-0.05, 0) is 30.2 Å². The summed E-state index contributed by atoms with van der Waals surface area (Å²) in [5.74, 6) is 0. The molecule has 1 aliphatic heterocycles. The average Bonchev–Trinajstić information content (AvgIpc) is 2.76. The van der Waals surface area contributed by atoms with Crippen molar-refractivity contribution < 1.29 is 4.74 Å². The highest BCUT2D eigenvalue weighted by Gasteiger charge is 2.15. The van der Waals surface area contributed by atoms with Gasteiger partial charge in [0.25, 0.3) is 0 Å². The van der Waals surface area contributed by atoms with Gasteiger partial charge in [0.05, 0.1) is 25.1 Å². The molecular weight excluding hydrogens is 202 g/mol. The second-order valence-corrected chi connectivity index (χ2v) is 3.95. The molecule has 2 rings (SSSR count). The highest BCUT2D eigenvalue weighted by atomic mass is 16.5. The zero-order valence-corrected chi connectivity index (χ0v) is 9.07. The summed E-state index contributed by atoms with van der Waals surface area (Å²) in [6.45, 7) is 1.57. The SMILES string of the molecule is N#CCc1cc(NC2CCOC2)ccc1N. The Morgan fingerprint density at radius 3 is 3.12 bits per heavy atom. The average molecular weight is 217 g/mol. The van der Waals surface area contributed by atoms with Gasteiger partial charge in [0, 0.05) is 18.0 Å². The Kier molecular flexibility index (Phi) is 3.28.